The van der Waals surface area contributed by atoms with Gasteiger partial charge >= 0.3 is 0 Å². The van der Waals surface area contributed by atoms with Gasteiger partial charge in [0.05, 0.1) is 145 Å². The Balaban J connectivity index is 1.41. The van der Waals surface area contributed by atoms with Gasteiger partial charge in [-0.05, 0) is 87.8 Å². The summed E-state index contributed by atoms with van der Waals surface area (Å²) in [6.07, 6.45) is 54.0. The predicted octanol–water partition coefficient (Wildman–Crippen LogP) is 18.3. The lowest BCUT2D eigenvalue weighted by Gasteiger charge is -2.36. The summed E-state index contributed by atoms with van der Waals surface area (Å²) in [5, 5.41) is 0. The summed E-state index contributed by atoms with van der Waals surface area (Å²) in [4.78, 5) is 0. The lowest BCUT2D eigenvalue weighted by atomic mass is 9.79. The van der Waals surface area contributed by atoms with Crippen LogP contribution in [0.25, 0.3) is 0 Å². The fourth-order valence-electron chi connectivity index (χ4n) is 10.6. The maximum Gasteiger partial charge on any atom is 0.143 e. The Bertz CT molecular complexity index is 1890. The zero-order valence-electron chi connectivity index (χ0n) is 58.8. The molecular formula is C79H134O13. The molecule has 1 unspecified atom stereocenters. The first-order chi connectivity index (χ1) is 45.7. The normalized spacial score (nSPS) is 12.7. The van der Waals surface area contributed by atoms with Crippen molar-refractivity contribution in [3.63, 3.8) is 0 Å². The Morgan fingerprint density at radius 3 is 0.978 bits per heavy atom. The number of ether oxygens (including phenoxy) is 13. The quantitative estimate of drug-likeness (QED) is 0.0355. The van der Waals surface area contributed by atoms with E-state index in [0.29, 0.717) is 145 Å². The molecule has 13 nitrogen and oxygen atoms in total. The molecule has 2 aromatic carbocycles. The third kappa shape index (κ3) is 51.0. The van der Waals surface area contributed by atoms with E-state index in [1.54, 1.807) is 6.08 Å². The summed E-state index contributed by atoms with van der Waals surface area (Å²) in [5.41, 5.74) is 2.22. The van der Waals surface area contributed by atoms with Crippen molar-refractivity contribution in [1.29, 1.82) is 0 Å². The Labute approximate surface area is 562 Å². The van der Waals surface area contributed by atoms with Gasteiger partial charge in [0.15, 0.2) is 0 Å². The second-order valence-electron chi connectivity index (χ2n) is 23.6. The highest BCUT2D eigenvalue weighted by Gasteiger charge is 2.38. The molecule has 0 aliphatic heterocycles. The van der Waals surface area contributed by atoms with Gasteiger partial charge in [0, 0.05) is 13.2 Å². The second kappa shape index (κ2) is 69.0. The van der Waals surface area contributed by atoms with Crippen LogP contribution < -0.4 is 0 Å². The first-order valence-corrected chi connectivity index (χ1v) is 36.7. The van der Waals surface area contributed by atoms with Crippen LogP contribution in [0.5, 0.6) is 0 Å². The lowest BCUT2D eigenvalue weighted by Crippen LogP contribution is -2.34. The molecular weight excluding hydrogens is 1160 g/mol. The molecule has 92 heavy (non-hydrogen) atoms. The van der Waals surface area contributed by atoms with E-state index in [2.05, 4.69) is 75.1 Å². The molecule has 0 aromatic heterocycles. The summed E-state index contributed by atoms with van der Waals surface area (Å²) < 4.78 is 76.5. The molecule has 528 valence electrons. The van der Waals surface area contributed by atoms with E-state index in [1.165, 1.54) is 167 Å². The van der Waals surface area contributed by atoms with E-state index in [1.807, 2.05) is 55.5 Å². The van der Waals surface area contributed by atoms with E-state index >= 15 is 0 Å². The van der Waals surface area contributed by atoms with Crippen LogP contribution in [0.1, 0.15) is 212 Å². The Kier molecular flexibility index (Phi) is 63.5. The van der Waals surface area contributed by atoms with Crippen LogP contribution >= 0.6 is 0 Å². The van der Waals surface area contributed by atoms with Gasteiger partial charge in [-0.15, -0.1) is 0 Å². The molecule has 0 bridgehead atoms. The van der Waals surface area contributed by atoms with Gasteiger partial charge in [-0.2, -0.15) is 0 Å². The lowest BCUT2D eigenvalue weighted by molar-refractivity contribution is -0.0702. The van der Waals surface area contributed by atoms with Gasteiger partial charge in [-0.3, -0.25) is 0 Å². The predicted molar refractivity (Wildman–Crippen MR) is 380 cm³/mol. The van der Waals surface area contributed by atoms with Crippen LogP contribution in [0.15, 0.2) is 121 Å². The Hall–Kier alpha value is -3.38. The molecule has 13 heteroatoms. The topological polar surface area (TPSA) is 120 Å². The first kappa shape index (κ1) is 84.7. The molecule has 0 heterocycles. The third-order valence-corrected chi connectivity index (χ3v) is 15.7. The summed E-state index contributed by atoms with van der Waals surface area (Å²) in [6, 6.07) is 20.6. The summed E-state index contributed by atoms with van der Waals surface area (Å²) in [7, 11) is 0. The van der Waals surface area contributed by atoms with Gasteiger partial charge in [0.25, 0.3) is 0 Å². The van der Waals surface area contributed by atoms with E-state index < -0.39 is 5.60 Å². The highest BCUT2D eigenvalue weighted by Crippen LogP contribution is 2.41. The second-order valence-corrected chi connectivity index (χ2v) is 23.6. The van der Waals surface area contributed by atoms with Crippen LogP contribution in [-0.2, 0) is 67.2 Å². The molecule has 0 amide bonds. The largest absolute Gasteiger partial charge is 0.379 e. The van der Waals surface area contributed by atoms with Gasteiger partial charge in [0.2, 0.25) is 0 Å². The first-order valence-electron chi connectivity index (χ1n) is 36.7. The standard InChI is InChI=1S/C79H134O13/c1-5-9-11-13-15-17-19-21-23-25-27-29-31-33-35-43-51-89-73-78(91-52-44-36-34-32-30-28-26-24-22-20-18-16-14-12-10-6-2)74-90-70-69-87-66-65-85-62-61-83-58-57-81-54-53-80-55-56-82-59-60-84-63-64-86-67-68-88-71-72-92-79(75(45-7-3)46-8-4,76-47-39-37-40-48-76)77-49-41-38-42-50-77/h7-8,21-24,37-42,45-50,78H,3,5-6,9-20,25-36,43-44,51-74H2,1-2,4H3/b23-21-,24-22-,46-8-,75-45+. The van der Waals surface area contributed by atoms with Gasteiger partial charge < -0.3 is 61.6 Å². The van der Waals surface area contributed by atoms with Crippen molar-refractivity contribution < 1.29 is 61.6 Å². The van der Waals surface area contributed by atoms with Crippen LogP contribution in [0.2, 0.25) is 0 Å². The van der Waals surface area contributed by atoms with Crippen LogP contribution in [0.4, 0.5) is 0 Å². The number of unbranched alkanes of at least 4 members (excludes halogenated alkanes) is 24. The van der Waals surface area contributed by atoms with Gasteiger partial charge in [-0.25, -0.2) is 0 Å². The minimum absolute atomic E-state index is 0.0624. The highest BCUT2D eigenvalue weighted by atomic mass is 16.6. The van der Waals surface area contributed by atoms with Gasteiger partial charge in [0.1, 0.15) is 11.7 Å². The van der Waals surface area contributed by atoms with E-state index in [0.717, 1.165) is 42.8 Å². The van der Waals surface area contributed by atoms with E-state index in [9.17, 15) is 0 Å². The Morgan fingerprint density at radius 1 is 0.348 bits per heavy atom. The smallest absolute Gasteiger partial charge is 0.143 e. The molecule has 0 spiro atoms. The van der Waals surface area contributed by atoms with Crippen molar-refractivity contribution in [2.45, 2.75) is 212 Å². The van der Waals surface area contributed by atoms with Crippen molar-refractivity contribution in [2.24, 2.45) is 0 Å². The zero-order chi connectivity index (χ0) is 65.5. The maximum atomic E-state index is 6.78. The third-order valence-electron chi connectivity index (χ3n) is 15.7. The number of benzene rings is 2. The van der Waals surface area contributed by atoms with Crippen molar-refractivity contribution in [3.8, 4) is 0 Å². The SMILES string of the molecule is C=C/C=C(\C=C/C)C(OCCOCCOCCOCCOCCOCCOCCOCCOCCOCCOCC(COCCCCCCCC/C=C\CCCCCCCC)OCCCCCCCC/C=C\CCCCCCCC)(c1ccccc1)c1ccccc1. The van der Waals surface area contributed by atoms with Crippen LogP contribution in [0, 0.1) is 0 Å². The van der Waals surface area contributed by atoms with E-state index in [4.69, 9.17) is 61.6 Å². The molecule has 0 saturated carbocycles. The minimum Gasteiger partial charge on any atom is -0.379 e. The molecule has 0 aliphatic carbocycles. The van der Waals surface area contributed by atoms with Crippen molar-refractivity contribution in [1.82, 2.24) is 0 Å². The molecule has 0 N–H and O–H groups in total. The van der Waals surface area contributed by atoms with E-state index in [-0.39, 0.29) is 6.10 Å². The van der Waals surface area contributed by atoms with Crippen molar-refractivity contribution in [3.05, 3.63) is 133 Å². The zero-order valence-corrected chi connectivity index (χ0v) is 58.8. The van der Waals surface area contributed by atoms with Crippen LogP contribution in [0.3, 0.4) is 0 Å². The monoisotopic (exact) mass is 1290 g/mol. The summed E-state index contributed by atoms with van der Waals surface area (Å²) in [5.74, 6) is 0. The average molecular weight is 1290 g/mol. The molecule has 0 aliphatic rings. The molecule has 2 rings (SSSR count). The minimum atomic E-state index is -0.828. The van der Waals surface area contributed by atoms with Crippen molar-refractivity contribution in [2.75, 3.05) is 159 Å². The highest BCUT2D eigenvalue weighted by molar-refractivity contribution is 5.50. The molecule has 2 aromatic rings. The fourth-order valence-corrected chi connectivity index (χ4v) is 10.6. The molecule has 0 radical (unpaired) electrons. The van der Waals surface area contributed by atoms with Crippen LogP contribution in [-0.4, -0.2) is 165 Å². The maximum absolute atomic E-state index is 6.78. The summed E-state index contributed by atoms with van der Waals surface area (Å²) in [6.45, 7) is 22.8. The molecule has 0 saturated heterocycles. The Morgan fingerprint density at radius 2 is 0.641 bits per heavy atom. The number of hydrogen-bond acceptors (Lipinski definition) is 13. The molecule has 0 fully saturated rings. The number of allylic oxidation sites excluding steroid dienone is 7. The molecule has 1 atom stereocenters. The van der Waals surface area contributed by atoms with Crippen molar-refractivity contribution >= 4 is 0 Å². The van der Waals surface area contributed by atoms with Gasteiger partial charge in [-0.1, -0.05) is 245 Å². The number of rotatable bonds is 73. The fraction of sp³-hybridized carbons (Fsp3) is 0.722. The average Bonchev–Trinajstić information content (AvgIpc) is 0.793. The summed E-state index contributed by atoms with van der Waals surface area (Å²) >= 11 is 0. The number of hydrogen-bond donors (Lipinski definition) is 0.